The molecule has 0 unspecified atom stereocenters. The van der Waals surface area contributed by atoms with E-state index in [0.717, 1.165) is 51.1 Å². The molecule has 4 N–H and O–H groups in total. The van der Waals surface area contributed by atoms with Crippen molar-refractivity contribution in [2.24, 2.45) is 0 Å². The molecule has 0 spiro atoms. The van der Waals surface area contributed by atoms with Gasteiger partial charge in [0.2, 0.25) is 5.91 Å². The number of imidazole rings is 1. The fraction of sp³-hybridized carbons (Fsp3) is 0.639. The first-order valence-electron chi connectivity index (χ1n) is 17.6. The summed E-state index contributed by atoms with van der Waals surface area (Å²) in [7, 11) is 8.08. The van der Waals surface area contributed by atoms with Crippen LogP contribution in [0.25, 0.3) is 11.2 Å². The third kappa shape index (κ3) is 13.5. The van der Waals surface area contributed by atoms with Crippen LogP contribution in [0.2, 0.25) is 0 Å². The molecule has 0 saturated carbocycles. The van der Waals surface area contributed by atoms with Crippen LogP contribution in [0.15, 0.2) is 29.1 Å². The molecule has 0 aliphatic carbocycles. The lowest BCUT2D eigenvalue weighted by Gasteiger charge is -2.32. The molecule has 1 aromatic carbocycles. The third-order valence-electron chi connectivity index (χ3n) is 8.89. The monoisotopic (exact) mass is 697 g/mol. The van der Waals surface area contributed by atoms with Crippen molar-refractivity contribution < 1.29 is 19.1 Å². The third-order valence-corrected chi connectivity index (χ3v) is 8.89. The molecule has 3 rings (SSSR count). The zero-order valence-electron chi connectivity index (χ0n) is 31.2. The number of benzene rings is 1. The first-order valence-corrected chi connectivity index (χ1v) is 17.6. The van der Waals surface area contributed by atoms with Crippen molar-refractivity contribution in [2.45, 2.75) is 71.4 Å². The average molecular weight is 698 g/mol. The molecule has 1 amide bonds. The topological polar surface area (TPSA) is 164 Å². The predicted octanol–water partition coefficient (Wildman–Crippen LogP) is 3.01. The second-order valence-corrected chi connectivity index (χ2v) is 14.0. The minimum absolute atomic E-state index is 0.0492. The highest BCUT2D eigenvalue weighted by Gasteiger charge is 2.17. The summed E-state index contributed by atoms with van der Waals surface area (Å²) in [5, 5.41) is 2.94. The number of carbonyl (C=O) groups excluding carboxylic acids is 2. The maximum atomic E-state index is 12.8. The Morgan fingerprint density at radius 1 is 0.900 bits per heavy atom. The maximum Gasteiger partial charge on any atom is 0.328 e. The van der Waals surface area contributed by atoms with Gasteiger partial charge in [0, 0.05) is 37.6 Å². The number of methoxy groups -OCH3 is 1. The van der Waals surface area contributed by atoms with E-state index in [1.807, 2.05) is 0 Å². The van der Waals surface area contributed by atoms with Crippen LogP contribution in [0.3, 0.4) is 0 Å². The number of hydrogen-bond acceptors (Lipinski definition) is 11. The van der Waals surface area contributed by atoms with Gasteiger partial charge in [-0.15, -0.1) is 0 Å². The van der Waals surface area contributed by atoms with Crippen molar-refractivity contribution in [3.8, 4) is 6.01 Å². The summed E-state index contributed by atoms with van der Waals surface area (Å²) in [6, 6.07) is 7.02. The number of nitrogens with one attached hydrogen (secondary N) is 2. The number of H-pyrrole nitrogens is 1. The normalized spacial score (nSPS) is 12.0. The van der Waals surface area contributed by atoms with Crippen molar-refractivity contribution in [3.63, 3.8) is 0 Å². The van der Waals surface area contributed by atoms with Crippen LogP contribution in [-0.4, -0.2) is 132 Å². The summed E-state index contributed by atoms with van der Waals surface area (Å²) in [5.74, 6) is -0.136. The summed E-state index contributed by atoms with van der Waals surface area (Å²) in [4.78, 5) is 56.1. The zero-order chi connectivity index (χ0) is 36.7. The molecule has 2 aromatic heterocycles. The van der Waals surface area contributed by atoms with Gasteiger partial charge in [-0.25, -0.2) is 4.79 Å². The average Bonchev–Trinajstić information content (AvgIpc) is 3.38. The predicted molar refractivity (Wildman–Crippen MR) is 198 cm³/mol. The van der Waals surface area contributed by atoms with Crippen LogP contribution in [0.4, 0.5) is 5.82 Å². The summed E-state index contributed by atoms with van der Waals surface area (Å²) in [6.07, 6.45) is 4.62. The molecule has 0 atom stereocenters. The number of fused-ring (bicyclic) bond motifs is 1. The molecule has 14 nitrogen and oxygen atoms in total. The molecule has 2 heterocycles. The van der Waals surface area contributed by atoms with Crippen molar-refractivity contribution in [3.05, 3.63) is 45.9 Å². The number of ether oxygens (including phenoxy) is 2. The Morgan fingerprint density at radius 3 is 2.18 bits per heavy atom. The van der Waals surface area contributed by atoms with E-state index in [0.29, 0.717) is 29.9 Å². The Hall–Kier alpha value is -3.85. The van der Waals surface area contributed by atoms with Gasteiger partial charge in [-0.1, -0.05) is 24.3 Å². The molecule has 14 heteroatoms. The minimum atomic E-state index is -0.391. The van der Waals surface area contributed by atoms with E-state index in [1.165, 1.54) is 17.4 Å². The number of nitrogens with two attached hydrogens (primary N) is 1. The van der Waals surface area contributed by atoms with Crippen LogP contribution in [0, 0.1) is 0 Å². The molecule has 3 aromatic rings. The number of nitrogens with zero attached hydrogens (tertiary/aromatic N) is 6. The maximum absolute atomic E-state index is 12.8. The number of ketones is 1. The number of carbonyl (C=O) groups is 2. The Morgan fingerprint density at radius 2 is 1.54 bits per heavy atom. The molecule has 0 radical (unpaired) electrons. The smallest absolute Gasteiger partial charge is 0.328 e. The summed E-state index contributed by atoms with van der Waals surface area (Å²) >= 11 is 0. The Kier molecular flexibility index (Phi) is 16.3. The van der Waals surface area contributed by atoms with Gasteiger partial charge in [-0.2, -0.15) is 9.97 Å². The highest BCUT2D eigenvalue weighted by atomic mass is 16.5. The highest BCUT2D eigenvalue weighted by molar-refractivity contribution is 5.98. The molecule has 0 bridgehead atoms. The SMILES string of the molecule is COCCOc1nc(N)c2[nH]c(=O)n(Cc3ccc(C(=O)CCC(=O)NCCCN(C)CCCCN(C)CCCN(C)C(C)(C)C)cc3)c2n1. The largest absolute Gasteiger partial charge is 0.461 e. The standard InChI is InChI=1S/C36H59N9O5/c1-36(2,3)44(6)23-11-22-43(5)20-9-8-19-42(4)21-10-18-38-30(47)17-16-29(46)28-14-12-27(13-15-28)26-45-33-31(39-35(45)48)32(37)40-34(41-33)50-25-24-49-7/h12-15H,8-11,16-26H2,1-7H3,(H,38,47)(H,39,48)(H2,37,40,41). The van der Waals surface area contributed by atoms with E-state index in [2.05, 4.69) is 76.9 Å². The fourth-order valence-corrected chi connectivity index (χ4v) is 5.37. The van der Waals surface area contributed by atoms with Gasteiger partial charge in [0.15, 0.2) is 17.2 Å². The van der Waals surface area contributed by atoms with E-state index in [-0.39, 0.29) is 55.1 Å². The molecular weight excluding hydrogens is 638 g/mol. The zero-order valence-corrected chi connectivity index (χ0v) is 31.2. The number of rotatable bonds is 23. The van der Waals surface area contributed by atoms with Gasteiger partial charge in [-0.05, 0) is 106 Å². The number of anilines is 1. The molecule has 0 aliphatic rings. The number of aromatic nitrogens is 4. The highest BCUT2D eigenvalue weighted by Crippen LogP contribution is 2.19. The van der Waals surface area contributed by atoms with Gasteiger partial charge in [-0.3, -0.25) is 14.2 Å². The van der Waals surface area contributed by atoms with Crippen LogP contribution < -0.4 is 21.5 Å². The fourth-order valence-electron chi connectivity index (χ4n) is 5.37. The summed E-state index contributed by atoms with van der Waals surface area (Å²) in [5.41, 5.74) is 7.78. The first-order chi connectivity index (χ1) is 23.8. The number of unbranched alkanes of at least 4 members (excludes halogenated alkanes) is 1. The van der Waals surface area contributed by atoms with E-state index in [9.17, 15) is 14.4 Å². The number of hydrogen-bond donors (Lipinski definition) is 3. The number of nitrogen functional groups attached to an aromatic ring is 1. The van der Waals surface area contributed by atoms with E-state index < -0.39 is 5.69 Å². The summed E-state index contributed by atoms with van der Waals surface area (Å²) in [6.45, 7) is 13.4. The van der Waals surface area contributed by atoms with Gasteiger partial charge in [0.25, 0.3) is 0 Å². The van der Waals surface area contributed by atoms with E-state index >= 15 is 0 Å². The molecule has 0 saturated heterocycles. The quantitative estimate of drug-likeness (QED) is 0.0986. The van der Waals surface area contributed by atoms with E-state index in [4.69, 9.17) is 15.2 Å². The van der Waals surface area contributed by atoms with E-state index in [1.54, 1.807) is 31.4 Å². The lowest BCUT2D eigenvalue weighted by Crippen LogP contribution is -2.39. The Labute approximate surface area is 296 Å². The second kappa shape index (κ2) is 20.1. The Balaban J connectivity index is 1.32. The lowest BCUT2D eigenvalue weighted by atomic mass is 10.0. The first kappa shape index (κ1) is 40.6. The molecular formula is C36H59N9O5. The van der Waals surface area contributed by atoms with Crippen molar-refractivity contribution in [1.29, 1.82) is 0 Å². The van der Waals surface area contributed by atoms with Gasteiger partial charge >= 0.3 is 11.7 Å². The minimum Gasteiger partial charge on any atom is -0.461 e. The van der Waals surface area contributed by atoms with Crippen LogP contribution in [0.1, 0.15) is 75.2 Å². The van der Waals surface area contributed by atoms with Crippen LogP contribution in [-0.2, 0) is 16.1 Å². The summed E-state index contributed by atoms with van der Waals surface area (Å²) < 4.78 is 11.9. The number of Topliss-reactive ketones (excluding diaryl/α,β-unsaturated/α-hetero) is 1. The van der Waals surface area contributed by atoms with Crippen LogP contribution >= 0.6 is 0 Å². The molecule has 50 heavy (non-hydrogen) atoms. The number of aromatic amines is 1. The van der Waals surface area contributed by atoms with Crippen LogP contribution in [0.5, 0.6) is 6.01 Å². The molecule has 278 valence electrons. The lowest BCUT2D eigenvalue weighted by molar-refractivity contribution is -0.121. The van der Waals surface area contributed by atoms with Crippen molar-refractivity contribution in [2.75, 3.05) is 86.5 Å². The van der Waals surface area contributed by atoms with Crippen molar-refractivity contribution >= 4 is 28.7 Å². The van der Waals surface area contributed by atoms with Gasteiger partial charge < -0.3 is 40.2 Å². The molecule has 0 aliphatic heterocycles. The Bertz CT molecular complexity index is 1550. The van der Waals surface area contributed by atoms with Gasteiger partial charge in [0.1, 0.15) is 12.1 Å². The second-order valence-electron chi connectivity index (χ2n) is 14.0. The number of amides is 1. The van der Waals surface area contributed by atoms with Crippen molar-refractivity contribution in [1.82, 2.24) is 39.5 Å². The van der Waals surface area contributed by atoms with Gasteiger partial charge in [0.05, 0.1) is 13.2 Å². The molecule has 0 fully saturated rings.